The Morgan fingerprint density at radius 1 is 1.07 bits per heavy atom. The molecule has 0 aromatic heterocycles. The van der Waals surface area contributed by atoms with Crippen molar-refractivity contribution in [2.45, 2.75) is 28.4 Å². The number of benzene rings is 2. The van der Waals surface area contributed by atoms with Crippen molar-refractivity contribution in [2.24, 2.45) is 0 Å². The Hall–Kier alpha value is -2.03. The van der Waals surface area contributed by atoms with E-state index in [2.05, 4.69) is 0 Å². The Labute approximate surface area is 161 Å². The topological polar surface area (TPSA) is 97.7 Å². The fourth-order valence-corrected chi connectivity index (χ4v) is 4.90. The molecule has 0 amide bonds. The second-order valence-electron chi connectivity index (χ2n) is 5.95. The molecule has 0 saturated carbocycles. The summed E-state index contributed by atoms with van der Waals surface area (Å²) in [5, 5.41) is 7.75. The number of carboxylic acid groups (broad SMARTS) is 1. The van der Waals surface area contributed by atoms with Crippen LogP contribution in [0.3, 0.4) is 0 Å². The van der Waals surface area contributed by atoms with Gasteiger partial charge >= 0.3 is 5.97 Å². The maximum atomic E-state index is 12.6. The highest BCUT2D eigenvalue weighted by Crippen LogP contribution is 2.19. The van der Waals surface area contributed by atoms with E-state index in [0.29, 0.717) is 4.90 Å². The van der Waals surface area contributed by atoms with E-state index >= 15 is 0 Å². The summed E-state index contributed by atoms with van der Waals surface area (Å²) < 4.78 is 42.5. The molecule has 2 unspecified atom stereocenters. The molecule has 2 aromatic rings. The van der Waals surface area contributed by atoms with Crippen LogP contribution < -0.4 is 0 Å². The van der Waals surface area contributed by atoms with Crippen molar-refractivity contribution < 1.29 is 27.3 Å². The van der Waals surface area contributed by atoms with Gasteiger partial charge in [0, 0.05) is 11.5 Å². The molecule has 2 rings (SSSR count). The lowest BCUT2D eigenvalue weighted by Gasteiger charge is -2.14. The fraction of sp³-hybridized carbons (Fsp3) is 0.316. The van der Waals surface area contributed by atoms with Gasteiger partial charge in [0.25, 0.3) is 0 Å². The van der Waals surface area contributed by atoms with Gasteiger partial charge in [-0.1, -0.05) is 35.9 Å². The molecule has 8 heteroatoms. The lowest BCUT2D eigenvalue weighted by molar-refractivity contribution is -0.136. The average Bonchev–Trinajstić information content (AvgIpc) is 2.65. The number of sulfone groups is 1. The molecule has 0 heterocycles. The number of aliphatic carboxylic acids is 1. The first-order valence-electron chi connectivity index (χ1n) is 8.37. The van der Waals surface area contributed by atoms with Crippen molar-refractivity contribution in [1.82, 2.24) is 0 Å². The van der Waals surface area contributed by atoms with Gasteiger partial charge in [-0.15, -0.1) is 0 Å². The summed E-state index contributed by atoms with van der Waals surface area (Å²) in [5.41, 5.74) is 0.885. The third-order valence-electron chi connectivity index (χ3n) is 3.94. The van der Waals surface area contributed by atoms with E-state index in [0.717, 1.165) is 5.56 Å². The zero-order valence-electron chi connectivity index (χ0n) is 14.9. The van der Waals surface area contributed by atoms with E-state index in [1.807, 2.05) is 13.0 Å². The Kier molecular flexibility index (Phi) is 7.70. The summed E-state index contributed by atoms with van der Waals surface area (Å²) >= 11 is 0. The largest absolute Gasteiger partial charge is 0.480 e. The smallest absolute Gasteiger partial charge is 0.322 e. The van der Waals surface area contributed by atoms with Gasteiger partial charge in [0.15, 0.2) is 15.1 Å². The normalized spacial score (nSPS) is 13.8. The van der Waals surface area contributed by atoms with Gasteiger partial charge in [0.1, 0.15) is 0 Å². The summed E-state index contributed by atoms with van der Waals surface area (Å²) in [4.78, 5) is 12.1. The van der Waals surface area contributed by atoms with E-state index in [1.165, 1.54) is 12.1 Å². The number of hydrogen-bond acceptors (Lipinski definition) is 5. The maximum Gasteiger partial charge on any atom is 0.322 e. The maximum absolute atomic E-state index is 12.6. The Balaban J connectivity index is 1.88. The van der Waals surface area contributed by atoms with Gasteiger partial charge < -0.3 is 9.84 Å². The van der Waals surface area contributed by atoms with Gasteiger partial charge in [0.2, 0.25) is 0 Å². The van der Waals surface area contributed by atoms with E-state index in [-0.39, 0.29) is 30.3 Å². The number of rotatable bonds is 10. The van der Waals surface area contributed by atoms with Crippen LogP contribution in [0.2, 0.25) is 0 Å². The molecule has 0 spiro atoms. The van der Waals surface area contributed by atoms with Gasteiger partial charge in [0.05, 0.1) is 28.1 Å². The summed E-state index contributed by atoms with van der Waals surface area (Å²) in [6.07, 6.45) is -0.177. The van der Waals surface area contributed by atoms with Crippen LogP contribution in [-0.2, 0) is 30.2 Å². The molecule has 0 bridgehead atoms. The number of aryl methyl sites for hydroxylation is 1. The van der Waals surface area contributed by atoms with Crippen molar-refractivity contribution in [3.63, 3.8) is 0 Å². The quantitative estimate of drug-likeness (QED) is 0.604. The molecule has 27 heavy (non-hydrogen) atoms. The van der Waals surface area contributed by atoms with Crippen LogP contribution in [0.15, 0.2) is 64.4 Å². The molecule has 1 N–H and O–H groups in total. The van der Waals surface area contributed by atoms with E-state index < -0.39 is 31.9 Å². The molecule has 0 aliphatic heterocycles. The molecule has 0 radical (unpaired) electrons. The number of ether oxygens (including phenoxy) is 1. The van der Waals surface area contributed by atoms with Crippen molar-refractivity contribution in [1.29, 1.82) is 0 Å². The van der Waals surface area contributed by atoms with Crippen LogP contribution in [0.5, 0.6) is 0 Å². The fourth-order valence-electron chi connectivity index (χ4n) is 2.42. The summed E-state index contributed by atoms with van der Waals surface area (Å²) in [5.74, 6) is -1.15. The van der Waals surface area contributed by atoms with Crippen LogP contribution in [-0.4, -0.2) is 47.9 Å². The predicted octanol–water partition coefficient (Wildman–Crippen LogP) is 2.44. The highest BCUT2D eigenvalue weighted by atomic mass is 32.2. The number of carbonyl (C=O) groups is 1. The third-order valence-corrected chi connectivity index (χ3v) is 7.39. The predicted molar refractivity (Wildman–Crippen MR) is 103 cm³/mol. The molecule has 0 fully saturated rings. The van der Waals surface area contributed by atoms with Crippen LogP contribution in [0.4, 0.5) is 0 Å². The second kappa shape index (κ2) is 9.77. The van der Waals surface area contributed by atoms with Crippen LogP contribution in [0.25, 0.3) is 0 Å². The molecule has 0 aliphatic rings. The highest BCUT2D eigenvalue weighted by Gasteiger charge is 2.33. The number of hydrogen-bond donors (Lipinski definition) is 1. The van der Waals surface area contributed by atoms with Crippen LogP contribution in [0.1, 0.15) is 12.0 Å². The summed E-state index contributed by atoms with van der Waals surface area (Å²) in [7, 11) is -5.22. The van der Waals surface area contributed by atoms with Gasteiger partial charge in [-0.3, -0.25) is 9.00 Å². The first-order chi connectivity index (χ1) is 12.8. The van der Waals surface area contributed by atoms with E-state index in [4.69, 9.17) is 4.74 Å². The molecule has 146 valence electrons. The third kappa shape index (κ3) is 5.98. The number of carboxylic acids is 1. The molecular weight excluding hydrogens is 388 g/mol. The van der Waals surface area contributed by atoms with E-state index in [1.54, 1.807) is 36.4 Å². The lowest BCUT2D eigenvalue weighted by atomic mass is 10.2. The summed E-state index contributed by atoms with van der Waals surface area (Å²) in [6, 6.07) is 15.0. The first kappa shape index (κ1) is 21.3. The van der Waals surface area contributed by atoms with Gasteiger partial charge in [-0.05, 0) is 37.6 Å². The molecule has 6 nitrogen and oxygen atoms in total. The zero-order chi connectivity index (χ0) is 19.9. The Morgan fingerprint density at radius 3 is 2.30 bits per heavy atom. The van der Waals surface area contributed by atoms with Crippen molar-refractivity contribution in [3.05, 3.63) is 60.2 Å². The summed E-state index contributed by atoms with van der Waals surface area (Å²) in [6.45, 7) is 1.92. The van der Waals surface area contributed by atoms with Crippen molar-refractivity contribution in [2.75, 3.05) is 19.0 Å². The van der Waals surface area contributed by atoms with Gasteiger partial charge in [-0.25, -0.2) is 8.42 Å². The molecule has 2 atom stereocenters. The molecule has 0 aliphatic carbocycles. The zero-order valence-corrected chi connectivity index (χ0v) is 16.5. The van der Waals surface area contributed by atoms with Crippen LogP contribution in [0, 0.1) is 6.92 Å². The lowest BCUT2D eigenvalue weighted by Crippen LogP contribution is -2.31. The standard InChI is InChI=1S/C19H22O6S2/c1-15-7-9-17(10-8-15)27(23,24)18(19(20)21)11-12-25-13-14-26(22)16-5-3-2-4-6-16/h2-10,18H,11-14H2,1H3,(H,20,21). The first-order valence-corrected chi connectivity index (χ1v) is 11.2. The molecule has 0 saturated heterocycles. The van der Waals surface area contributed by atoms with E-state index in [9.17, 15) is 22.5 Å². The van der Waals surface area contributed by atoms with Crippen LogP contribution >= 0.6 is 0 Å². The minimum Gasteiger partial charge on any atom is -0.480 e. The van der Waals surface area contributed by atoms with Crippen molar-refractivity contribution in [3.8, 4) is 0 Å². The van der Waals surface area contributed by atoms with Crippen molar-refractivity contribution >= 4 is 26.6 Å². The molecular formula is C19H22O6S2. The molecule has 2 aromatic carbocycles. The van der Waals surface area contributed by atoms with Gasteiger partial charge in [-0.2, -0.15) is 0 Å². The minimum absolute atomic E-state index is 0.0225. The SMILES string of the molecule is Cc1ccc(S(=O)(=O)C(CCOCCS(=O)c2ccccc2)C(=O)O)cc1. The minimum atomic E-state index is -4.00. The Bertz CT molecular complexity index is 876. The monoisotopic (exact) mass is 410 g/mol. The second-order valence-corrected chi connectivity index (χ2v) is 9.65. The average molecular weight is 411 g/mol. The highest BCUT2D eigenvalue weighted by molar-refractivity contribution is 7.92. The Morgan fingerprint density at radius 2 is 1.70 bits per heavy atom.